The van der Waals surface area contributed by atoms with E-state index in [1.165, 1.54) is 5.56 Å². The van der Waals surface area contributed by atoms with Gasteiger partial charge in [0.15, 0.2) is 0 Å². The van der Waals surface area contributed by atoms with E-state index in [1.54, 1.807) is 0 Å². The molecule has 0 fully saturated rings. The number of benzene rings is 2. The number of carbonyl (C=O) groups excluding carboxylic acids is 1. The van der Waals surface area contributed by atoms with E-state index in [0.717, 1.165) is 25.1 Å². The Labute approximate surface area is 154 Å². The zero-order chi connectivity index (χ0) is 18.2. The van der Waals surface area contributed by atoms with Crippen LogP contribution in [0.3, 0.4) is 0 Å². The van der Waals surface area contributed by atoms with Gasteiger partial charge in [-0.25, -0.2) is 0 Å². The summed E-state index contributed by atoms with van der Waals surface area (Å²) >= 11 is 0. The van der Waals surface area contributed by atoms with Gasteiger partial charge in [-0.1, -0.05) is 30.3 Å². The Morgan fingerprint density at radius 3 is 2.81 bits per heavy atom. The third-order valence-electron chi connectivity index (χ3n) is 4.39. The van der Waals surface area contributed by atoms with Crippen LogP contribution in [-0.2, 0) is 16.0 Å². The number of anilines is 2. The van der Waals surface area contributed by atoms with E-state index in [9.17, 15) is 4.79 Å². The first-order valence-electron chi connectivity index (χ1n) is 9.20. The van der Waals surface area contributed by atoms with Gasteiger partial charge in [0.2, 0.25) is 5.91 Å². The van der Waals surface area contributed by atoms with Crippen LogP contribution in [0.2, 0.25) is 0 Å². The Morgan fingerprint density at radius 2 is 1.92 bits per heavy atom. The summed E-state index contributed by atoms with van der Waals surface area (Å²) in [6, 6.07) is 15.8. The molecule has 5 nitrogen and oxygen atoms in total. The van der Waals surface area contributed by atoms with E-state index in [-0.39, 0.29) is 5.91 Å². The predicted octanol–water partition coefficient (Wildman–Crippen LogP) is 3.49. The number of amides is 1. The number of hydrogen-bond acceptors (Lipinski definition) is 4. The Hall–Kier alpha value is -2.53. The summed E-state index contributed by atoms with van der Waals surface area (Å²) in [6.07, 6.45) is 2.15. The number of fused-ring (bicyclic) bond motifs is 1. The molecule has 2 aromatic carbocycles. The number of hydrogen-bond donors (Lipinski definition) is 1. The molecule has 26 heavy (non-hydrogen) atoms. The lowest BCUT2D eigenvalue weighted by Crippen LogP contribution is -2.36. The summed E-state index contributed by atoms with van der Waals surface area (Å²) in [7, 11) is 0. The Balaban J connectivity index is 1.61. The van der Waals surface area contributed by atoms with Crippen molar-refractivity contribution in [1.82, 2.24) is 0 Å². The molecule has 1 heterocycles. The number of nitrogens with one attached hydrogen (secondary N) is 1. The standard InChI is InChI=1S/C21H26N2O3/c1-2-25-14-15-26-20-12-6-4-10-18(20)22-21(24)16-23-13-7-9-17-8-3-5-11-19(17)23/h3-6,8,10-12H,2,7,9,13-16H2,1H3,(H,22,24). The molecule has 1 aliphatic heterocycles. The van der Waals surface area contributed by atoms with Gasteiger partial charge in [0, 0.05) is 18.8 Å². The molecule has 0 aromatic heterocycles. The zero-order valence-corrected chi connectivity index (χ0v) is 15.2. The van der Waals surface area contributed by atoms with E-state index in [2.05, 4.69) is 28.4 Å². The van der Waals surface area contributed by atoms with Gasteiger partial charge in [-0.3, -0.25) is 4.79 Å². The van der Waals surface area contributed by atoms with Crippen LogP contribution in [0.25, 0.3) is 0 Å². The fraction of sp³-hybridized carbons (Fsp3) is 0.381. The smallest absolute Gasteiger partial charge is 0.243 e. The van der Waals surface area contributed by atoms with Crippen LogP contribution in [0.1, 0.15) is 18.9 Å². The molecule has 0 unspecified atom stereocenters. The van der Waals surface area contributed by atoms with Gasteiger partial charge < -0.3 is 19.7 Å². The molecule has 0 saturated heterocycles. The fourth-order valence-corrected chi connectivity index (χ4v) is 3.19. The first-order chi connectivity index (χ1) is 12.8. The van der Waals surface area contributed by atoms with Crippen LogP contribution in [0.15, 0.2) is 48.5 Å². The van der Waals surface area contributed by atoms with Gasteiger partial charge >= 0.3 is 0 Å². The second-order valence-electron chi connectivity index (χ2n) is 6.24. The monoisotopic (exact) mass is 354 g/mol. The Morgan fingerprint density at radius 1 is 1.12 bits per heavy atom. The number of aryl methyl sites for hydroxylation is 1. The summed E-state index contributed by atoms with van der Waals surface area (Å²) in [6.45, 7) is 4.84. The number of nitrogens with zero attached hydrogens (tertiary/aromatic N) is 1. The number of rotatable bonds is 8. The highest BCUT2D eigenvalue weighted by Crippen LogP contribution is 2.27. The van der Waals surface area contributed by atoms with Gasteiger partial charge in [0.25, 0.3) is 0 Å². The molecule has 1 N–H and O–H groups in total. The summed E-state index contributed by atoms with van der Waals surface area (Å²) < 4.78 is 11.0. The fourth-order valence-electron chi connectivity index (χ4n) is 3.19. The average Bonchev–Trinajstić information content (AvgIpc) is 2.67. The molecule has 1 amide bonds. The molecule has 0 spiro atoms. The van der Waals surface area contributed by atoms with Gasteiger partial charge in [-0.05, 0) is 43.5 Å². The minimum Gasteiger partial charge on any atom is -0.489 e. The second kappa shape index (κ2) is 9.25. The van der Waals surface area contributed by atoms with Gasteiger partial charge in [-0.15, -0.1) is 0 Å². The normalized spacial score (nSPS) is 13.2. The van der Waals surface area contributed by atoms with Crippen LogP contribution < -0.4 is 15.0 Å². The summed E-state index contributed by atoms with van der Waals surface area (Å²) in [5.74, 6) is 0.627. The average molecular weight is 354 g/mol. The quantitative estimate of drug-likeness (QED) is 0.737. The predicted molar refractivity (Wildman–Crippen MR) is 104 cm³/mol. The van der Waals surface area contributed by atoms with Gasteiger partial charge in [0.05, 0.1) is 18.8 Å². The second-order valence-corrected chi connectivity index (χ2v) is 6.24. The van der Waals surface area contributed by atoms with Crippen molar-refractivity contribution in [3.63, 3.8) is 0 Å². The molecular weight excluding hydrogens is 328 g/mol. The molecule has 138 valence electrons. The lowest BCUT2D eigenvalue weighted by atomic mass is 10.0. The first-order valence-corrected chi connectivity index (χ1v) is 9.20. The number of para-hydroxylation sites is 3. The largest absolute Gasteiger partial charge is 0.489 e. The van der Waals surface area contributed by atoms with E-state index < -0.39 is 0 Å². The molecule has 1 aliphatic rings. The van der Waals surface area contributed by atoms with Crippen LogP contribution in [0, 0.1) is 0 Å². The van der Waals surface area contributed by atoms with E-state index in [4.69, 9.17) is 9.47 Å². The van der Waals surface area contributed by atoms with Crippen LogP contribution in [-0.4, -0.2) is 38.8 Å². The topological polar surface area (TPSA) is 50.8 Å². The zero-order valence-electron chi connectivity index (χ0n) is 15.2. The summed E-state index contributed by atoms with van der Waals surface area (Å²) in [4.78, 5) is 14.7. The summed E-state index contributed by atoms with van der Waals surface area (Å²) in [5.41, 5.74) is 3.17. The van der Waals surface area contributed by atoms with E-state index in [1.807, 2.05) is 37.3 Å². The molecule has 2 aromatic rings. The molecule has 0 radical (unpaired) electrons. The van der Waals surface area contributed by atoms with Crippen molar-refractivity contribution in [2.75, 3.05) is 43.1 Å². The van der Waals surface area contributed by atoms with Crippen molar-refractivity contribution < 1.29 is 14.3 Å². The minimum atomic E-state index is -0.0393. The number of ether oxygens (including phenoxy) is 2. The number of carbonyl (C=O) groups is 1. The maximum absolute atomic E-state index is 12.6. The van der Waals surface area contributed by atoms with Crippen LogP contribution >= 0.6 is 0 Å². The molecule has 0 saturated carbocycles. The third-order valence-corrected chi connectivity index (χ3v) is 4.39. The van der Waals surface area contributed by atoms with Gasteiger partial charge in [-0.2, -0.15) is 0 Å². The first kappa shape index (κ1) is 18.3. The van der Waals surface area contributed by atoms with Crippen LogP contribution in [0.5, 0.6) is 5.75 Å². The molecule has 0 aliphatic carbocycles. The lowest BCUT2D eigenvalue weighted by molar-refractivity contribution is -0.115. The Kier molecular flexibility index (Phi) is 6.50. The van der Waals surface area contributed by atoms with Crippen molar-refractivity contribution >= 4 is 17.3 Å². The highest BCUT2D eigenvalue weighted by molar-refractivity contribution is 5.95. The lowest BCUT2D eigenvalue weighted by Gasteiger charge is -2.30. The molecular formula is C21H26N2O3. The SMILES string of the molecule is CCOCCOc1ccccc1NC(=O)CN1CCCc2ccccc21. The highest BCUT2D eigenvalue weighted by Gasteiger charge is 2.19. The van der Waals surface area contributed by atoms with Crippen molar-refractivity contribution in [2.45, 2.75) is 19.8 Å². The maximum atomic E-state index is 12.6. The van der Waals surface area contributed by atoms with Crippen molar-refractivity contribution in [3.05, 3.63) is 54.1 Å². The molecule has 0 bridgehead atoms. The van der Waals surface area contributed by atoms with E-state index in [0.29, 0.717) is 37.8 Å². The van der Waals surface area contributed by atoms with Crippen LogP contribution in [0.4, 0.5) is 11.4 Å². The summed E-state index contributed by atoms with van der Waals surface area (Å²) in [5, 5.41) is 2.98. The molecule has 3 rings (SSSR count). The minimum absolute atomic E-state index is 0.0393. The molecule has 5 heteroatoms. The van der Waals surface area contributed by atoms with E-state index >= 15 is 0 Å². The third kappa shape index (κ3) is 4.76. The Bertz CT molecular complexity index is 733. The van der Waals surface area contributed by atoms with Crippen molar-refractivity contribution in [2.24, 2.45) is 0 Å². The molecule has 0 atom stereocenters. The van der Waals surface area contributed by atoms with Crippen molar-refractivity contribution in [1.29, 1.82) is 0 Å². The van der Waals surface area contributed by atoms with Crippen molar-refractivity contribution in [3.8, 4) is 5.75 Å². The van der Waals surface area contributed by atoms with Gasteiger partial charge in [0.1, 0.15) is 12.4 Å². The maximum Gasteiger partial charge on any atom is 0.243 e. The highest BCUT2D eigenvalue weighted by atomic mass is 16.5.